The van der Waals surface area contributed by atoms with Crippen LogP contribution in [0.4, 0.5) is 0 Å². The minimum atomic E-state index is -0.259. The average molecular weight is 277 g/mol. The monoisotopic (exact) mass is 277 g/mol. The standard InChI is InChI=1S/C17H27NO2/c1-17(2,3)18-15-11-14(9-10-16(15)19)20-12-13-7-5-4-6-8-13/h4-8,14-16,18-19H,9-12H2,1-3H3/t14-,15+,16+/m1/s1. The Labute approximate surface area is 122 Å². The molecular formula is C17H27NO2. The lowest BCUT2D eigenvalue weighted by atomic mass is 9.88. The Morgan fingerprint density at radius 3 is 2.55 bits per heavy atom. The van der Waals surface area contributed by atoms with Crippen molar-refractivity contribution >= 4 is 0 Å². The van der Waals surface area contributed by atoms with Gasteiger partial charge in [0, 0.05) is 11.6 Å². The lowest BCUT2D eigenvalue weighted by Gasteiger charge is -2.38. The molecule has 0 bridgehead atoms. The Morgan fingerprint density at radius 2 is 1.90 bits per heavy atom. The van der Waals surface area contributed by atoms with Crippen molar-refractivity contribution in [3.8, 4) is 0 Å². The van der Waals surface area contributed by atoms with E-state index in [4.69, 9.17) is 4.74 Å². The largest absolute Gasteiger partial charge is 0.392 e. The molecule has 2 N–H and O–H groups in total. The van der Waals surface area contributed by atoms with E-state index >= 15 is 0 Å². The number of aliphatic hydroxyl groups excluding tert-OH is 1. The fraction of sp³-hybridized carbons (Fsp3) is 0.647. The number of rotatable bonds is 4. The van der Waals surface area contributed by atoms with Crippen LogP contribution in [0.1, 0.15) is 45.6 Å². The third-order valence-corrected chi connectivity index (χ3v) is 3.71. The van der Waals surface area contributed by atoms with Gasteiger partial charge < -0.3 is 15.2 Å². The van der Waals surface area contributed by atoms with E-state index in [1.807, 2.05) is 18.2 Å². The number of hydrogen-bond donors (Lipinski definition) is 2. The molecule has 3 heteroatoms. The molecule has 3 atom stereocenters. The van der Waals surface area contributed by atoms with Gasteiger partial charge in [0.2, 0.25) is 0 Å². The predicted molar refractivity (Wildman–Crippen MR) is 81.6 cm³/mol. The van der Waals surface area contributed by atoms with Crippen LogP contribution in [0.25, 0.3) is 0 Å². The fourth-order valence-electron chi connectivity index (χ4n) is 2.77. The summed E-state index contributed by atoms with van der Waals surface area (Å²) in [6.07, 6.45) is 2.61. The highest BCUT2D eigenvalue weighted by Crippen LogP contribution is 2.24. The Morgan fingerprint density at radius 1 is 1.20 bits per heavy atom. The van der Waals surface area contributed by atoms with Gasteiger partial charge >= 0.3 is 0 Å². The summed E-state index contributed by atoms with van der Waals surface area (Å²) in [7, 11) is 0. The molecule has 0 aromatic heterocycles. The summed E-state index contributed by atoms with van der Waals surface area (Å²) in [4.78, 5) is 0. The maximum Gasteiger partial charge on any atom is 0.0720 e. The van der Waals surface area contributed by atoms with Gasteiger partial charge in [-0.1, -0.05) is 30.3 Å². The van der Waals surface area contributed by atoms with Gasteiger partial charge in [0.1, 0.15) is 0 Å². The van der Waals surface area contributed by atoms with Gasteiger partial charge in [-0.25, -0.2) is 0 Å². The van der Waals surface area contributed by atoms with Gasteiger partial charge in [-0.2, -0.15) is 0 Å². The van der Waals surface area contributed by atoms with Crippen molar-refractivity contribution in [2.45, 2.75) is 70.4 Å². The molecule has 1 aromatic carbocycles. The van der Waals surface area contributed by atoms with Gasteiger partial charge in [0.05, 0.1) is 18.8 Å². The zero-order valence-corrected chi connectivity index (χ0v) is 12.8. The first-order valence-electron chi connectivity index (χ1n) is 7.55. The molecule has 1 aliphatic carbocycles. The van der Waals surface area contributed by atoms with Crippen molar-refractivity contribution in [2.24, 2.45) is 0 Å². The SMILES string of the molecule is CC(C)(C)N[C@H]1C[C@H](OCc2ccccc2)CC[C@@H]1O. The molecule has 112 valence electrons. The quantitative estimate of drug-likeness (QED) is 0.889. The van der Waals surface area contributed by atoms with Crippen LogP contribution in [0.3, 0.4) is 0 Å². The minimum Gasteiger partial charge on any atom is -0.392 e. The molecule has 1 aliphatic rings. The summed E-state index contributed by atoms with van der Waals surface area (Å²) in [5.41, 5.74) is 1.23. The molecule has 0 aliphatic heterocycles. The second kappa shape index (κ2) is 6.70. The van der Waals surface area contributed by atoms with E-state index in [9.17, 15) is 5.11 Å². The van der Waals surface area contributed by atoms with Crippen molar-refractivity contribution in [3.63, 3.8) is 0 Å². The second-order valence-electron chi connectivity index (χ2n) is 6.80. The number of aliphatic hydroxyl groups is 1. The topological polar surface area (TPSA) is 41.5 Å². The van der Waals surface area contributed by atoms with E-state index < -0.39 is 0 Å². The third kappa shape index (κ3) is 4.89. The molecule has 0 spiro atoms. The van der Waals surface area contributed by atoms with Crippen LogP contribution in [0.15, 0.2) is 30.3 Å². The Kier molecular flexibility index (Phi) is 5.19. The maximum atomic E-state index is 10.1. The molecule has 0 radical (unpaired) electrons. The average Bonchev–Trinajstić information content (AvgIpc) is 2.39. The van der Waals surface area contributed by atoms with Crippen molar-refractivity contribution in [1.82, 2.24) is 5.32 Å². The number of ether oxygens (including phenoxy) is 1. The lowest BCUT2D eigenvalue weighted by molar-refractivity contribution is -0.0320. The predicted octanol–water partition coefficient (Wildman–Crippen LogP) is 2.87. The van der Waals surface area contributed by atoms with Crippen molar-refractivity contribution in [2.75, 3.05) is 0 Å². The highest BCUT2D eigenvalue weighted by Gasteiger charge is 2.31. The maximum absolute atomic E-state index is 10.1. The van der Waals surface area contributed by atoms with Gasteiger partial charge in [0.25, 0.3) is 0 Å². The van der Waals surface area contributed by atoms with Gasteiger partial charge in [0.15, 0.2) is 0 Å². The number of hydrogen-bond acceptors (Lipinski definition) is 3. The molecule has 0 saturated heterocycles. The Bertz CT molecular complexity index is 399. The van der Waals surface area contributed by atoms with Crippen molar-refractivity contribution in [1.29, 1.82) is 0 Å². The van der Waals surface area contributed by atoms with E-state index in [1.54, 1.807) is 0 Å². The molecule has 3 nitrogen and oxygen atoms in total. The highest BCUT2D eigenvalue weighted by molar-refractivity contribution is 5.13. The molecule has 20 heavy (non-hydrogen) atoms. The third-order valence-electron chi connectivity index (χ3n) is 3.71. The smallest absolute Gasteiger partial charge is 0.0720 e. The summed E-state index contributed by atoms with van der Waals surface area (Å²) >= 11 is 0. The van der Waals surface area contributed by atoms with Crippen LogP contribution >= 0.6 is 0 Å². The zero-order valence-electron chi connectivity index (χ0n) is 12.8. The van der Waals surface area contributed by atoms with E-state index in [0.29, 0.717) is 6.61 Å². The first kappa shape index (κ1) is 15.5. The molecule has 2 rings (SSSR count). The van der Waals surface area contributed by atoms with Crippen LogP contribution in [-0.4, -0.2) is 28.9 Å². The van der Waals surface area contributed by atoms with Crippen LogP contribution in [0, 0.1) is 0 Å². The first-order chi connectivity index (χ1) is 9.44. The summed E-state index contributed by atoms with van der Waals surface area (Å²) in [5.74, 6) is 0. The van der Waals surface area contributed by atoms with Gasteiger partial charge in [-0.05, 0) is 45.6 Å². The first-order valence-corrected chi connectivity index (χ1v) is 7.55. The van der Waals surface area contributed by atoms with Crippen LogP contribution < -0.4 is 5.32 Å². The Hall–Kier alpha value is -0.900. The van der Waals surface area contributed by atoms with Crippen molar-refractivity contribution < 1.29 is 9.84 Å². The summed E-state index contributed by atoms with van der Waals surface area (Å²) in [5, 5.41) is 13.6. The molecule has 1 aromatic rings. The fourth-order valence-corrected chi connectivity index (χ4v) is 2.77. The van der Waals surface area contributed by atoms with E-state index in [2.05, 4.69) is 38.2 Å². The van der Waals surface area contributed by atoms with Gasteiger partial charge in [-0.15, -0.1) is 0 Å². The van der Waals surface area contributed by atoms with Gasteiger partial charge in [-0.3, -0.25) is 0 Å². The number of nitrogens with one attached hydrogen (secondary N) is 1. The number of benzene rings is 1. The summed E-state index contributed by atoms with van der Waals surface area (Å²) in [6, 6.07) is 10.4. The Balaban J connectivity index is 1.84. The van der Waals surface area contributed by atoms with Crippen LogP contribution in [0.2, 0.25) is 0 Å². The second-order valence-corrected chi connectivity index (χ2v) is 6.80. The zero-order chi connectivity index (χ0) is 14.6. The molecule has 0 heterocycles. The molecule has 0 amide bonds. The molecular weight excluding hydrogens is 250 g/mol. The van der Waals surface area contributed by atoms with Crippen molar-refractivity contribution in [3.05, 3.63) is 35.9 Å². The lowest BCUT2D eigenvalue weighted by Crippen LogP contribution is -2.53. The normalized spacial score (nSPS) is 27.5. The van der Waals surface area contributed by atoms with E-state index in [-0.39, 0.29) is 23.8 Å². The summed E-state index contributed by atoms with van der Waals surface area (Å²) in [6.45, 7) is 7.06. The van der Waals surface area contributed by atoms with E-state index in [1.165, 1.54) is 5.56 Å². The highest BCUT2D eigenvalue weighted by atomic mass is 16.5. The summed E-state index contributed by atoms with van der Waals surface area (Å²) < 4.78 is 6.01. The van der Waals surface area contributed by atoms with E-state index in [0.717, 1.165) is 19.3 Å². The van der Waals surface area contributed by atoms with Crippen LogP contribution in [-0.2, 0) is 11.3 Å². The van der Waals surface area contributed by atoms with Crippen LogP contribution in [0.5, 0.6) is 0 Å². The minimum absolute atomic E-state index is 0.0208. The molecule has 0 unspecified atom stereocenters. The molecule has 1 saturated carbocycles. The molecule has 1 fully saturated rings.